The third-order valence-corrected chi connectivity index (χ3v) is 3.16. The molecule has 4 nitrogen and oxygen atoms in total. The third kappa shape index (κ3) is 1.37. The highest BCUT2D eigenvalue weighted by molar-refractivity contribution is 7.18. The van der Waals surface area contributed by atoms with Crippen LogP contribution >= 0.6 is 11.3 Å². The molecule has 0 spiro atoms. The van der Waals surface area contributed by atoms with Crippen LogP contribution in [0.15, 0.2) is 28.7 Å². The molecule has 80 valence electrons. The molecule has 0 bridgehead atoms. The van der Waals surface area contributed by atoms with Gasteiger partial charge in [-0.3, -0.25) is 0 Å². The van der Waals surface area contributed by atoms with Crippen LogP contribution in [0.2, 0.25) is 0 Å². The molecule has 0 atom stereocenters. The van der Waals surface area contributed by atoms with E-state index in [1.54, 1.807) is 0 Å². The van der Waals surface area contributed by atoms with Gasteiger partial charge in [-0.15, -0.1) is 10.2 Å². The van der Waals surface area contributed by atoms with Gasteiger partial charge >= 0.3 is 0 Å². The van der Waals surface area contributed by atoms with Gasteiger partial charge in [0.2, 0.25) is 5.13 Å². The molecular weight excluding hydrogens is 222 g/mol. The number of anilines is 1. The predicted molar refractivity (Wildman–Crippen MR) is 64.3 cm³/mol. The molecule has 2 aromatic heterocycles. The number of nitrogens with two attached hydrogens (primary N) is 1. The van der Waals surface area contributed by atoms with Gasteiger partial charge in [0.1, 0.15) is 5.58 Å². The number of hydrogen-bond donors (Lipinski definition) is 1. The topological polar surface area (TPSA) is 64.9 Å². The van der Waals surface area contributed by atoms with E-state index in [2.05, 4.69) is 10.2 Å². The Morgan fingerprint density at radius 3 is 2.88 bits per heavy atom. The molecule has 3 aromatic rings. The van der Waals surface area contributed by atoms with Gasteiger partial charge in [-0.25, -0.2) is 0 Å². The van der Waals surface area contributed by atoms with Crippen molar-refractivity contribution in [3.63, 3.8) is 0 Å². The summed E-state index contributed by atoms with van der Waals surface area (Å²) in [6, 6.07) is 8.00. The second-order valence-electron chi connectivity index (χ2n) is 3.55. The molecule has 3 rings (SSSR count). The number of furan rings is 1. The first-order valence-corrected chi connectivity index (χ1v) is 5.64. The first-order valence-electron chi connectivity index (χ1n) is 4.82. The molecule has 0 saturated heterocycles. The van der Waals surface area contributed by atoms with Gasteiger partial charge in [0, 0.05) is 5.39 Å². The van der Waals surface area contributed by atoms with Gasteiger partial charge in [-0.2, -0.15) is 0 Å². The summed E-state index contributed by atoms with van der Waals surface area (Å²) in [6.07, 6.45) is 0. The van der Waals surface area contributed by atoms with Crippen LogP contribution in [-0.2, 0) is 0 Å². The Labute approximate surface area is 95.7 Å². The molecule has 0 aliphatic carbocycles. The summed E-state index contributed by atoms with van der Waals surface area (Å²) in [5, 5.41) is 9.97. The Hall–Kier alpha value is -1.88. The van der Waals surface area contributed by atoms with E-state index in [4.69, 9.17) is 10.2 Å². The number of aromatic nitrogens is 2. The Bertz CT molecular complexity index is 656. The normalized spacial score (nSPS) is 11.1. The number of fused-ring (bicyclic) bond motifs is 1. The zero-order valence-electron chi connectivity index (χ0n) is 8.60. The highest BCUT2D eigenvalue weighted by atomic mass is 32.1. The third-order valence-electron chi connectivity index (χ3n) is 2.39. The lowest BCUT2D eigenvalue weighted by atomic mass is 10.2. The SMILES string of the molecule is Cc1cccc2cc(-c3nnc(N)s3)oc12. The second-order valence-corrected chi connectivity index (χ2v) is 4.56. The van der Waals surface area contributed by atoms with Crippen molar-refractivity contribution in [3.8, 4) is 10.8 Å². The zero-order chi connectivity index (χ0) is 11.1. The van der Waals surface area contributed by atoms with Crippen molar-refractivity contribution in [1.82, 2.24) is 10.2 Å². The summed E-state index contributed by atoms with van der Waals surface area (Å²) in [5.41, 5.74) is 7.55. The van der Waals surface area contributed by atoms with Crippen LogP contribution in [0.25, 0.3) is 21.7 Å². The first kappa shape index (κ1) is 9.35. The Morgan fingerprint density at radius 1 is 1.31 bits per heavy atom. The maximum atomic E-state index is 5.75. The Balaban J connectivity index is 2.22. The minimum absolute atomic E-state index is 0.451. The van der Waals surface area contributed by atoms with Crippen LogP contribution in [0.1, 0.15) is 5.56 Å². The lowest BCUT2D eigenvalue weighted by Crippen LogP contribution is -1.79. The van der Waals surface area contributed by atoms with E-state index >= 15 is 0 Å². The summed E-state index contributed by atoms with van der Waals surface area (Å²) in [4.78, 5) is 0. The number of hydrogen-bond acceptors (Lipinski definition) is 5. The smallest absolute Gasteiger partial charge is 0.203 e. The molecule has 5 heteroatoms. The van der Waals surface area contributed by atoms with E-state index in [1.807, 2.05) is 31.2 Å². The number of nitrogen functional groups attached to an aromatic ring is 1. The number of para-hydroxylation sites is 1. The Kier molecular flexibility index (Phi) is 1.94. The van der Waals surface area contributed by atoms with Crippen molar-refractivity contribution < 1.29 is 4.42 Å². The highest BCUT2D eigenvalue weighted by Gasteiger charge is 2.11. The van der Waals surface area contributed by atoms with Gasteiger partial charge in [-0.05, 0) is 18.6 Å². The summed E-state index contributed by atoms with van der Waals surface area (Å²) in [6.45, 7) is 2.02. The summed E-state index contributed by atoms with van der Waals surface area (Å²) >= 11 is 1.32. The molecule has 0 fully saturated rings. The van der Waals surface area contributed by atoms with Crippen molar-refractivity contribution in [2.45, 2.75) is 6.92 Å². The molecule has 2 N–H and O–H groups in total. The lowest BCUT2D eigenvalue weighted by Gasteiger charge is -1.91. The Morgan fingerprint density at radius 2 is 2.19 bits per heavy atom. The van der Waals surface area contributed by atoms with Gasteiger partial charge in [-0.1, -0.05) is 29.5 Å². The number of benzene rings is 1. The number of rotatable bonds is 1. The molecule has 16 heavy (non-hydrogen) atoms. The van der Waals surface area contributed by atoms with E-state index in [1.165, 1.54) is 11.3 Å². The van der Waals surface area contributed by atoms with Crippen LogP contribution in [0.3, 0.4) is 0 Å². The average Bonchev–Trinajstić information content (AvgIpc) is 2.84. The molecule has 2 heterocycles. The van der Waals surface area contributed by atoms with Crippen LogP contribution in [0.5, 0.6) is 0 Å². The van der Waals surface area contributed by atoms with Crippen molar-refractivity contribution in [3.05, 3.63) is 29.8 Å². The maximum Gasteiger partial charge on any atom is 0.203 e. The van der Waals surface area contributed by atoms with Crippen LogP contribution < -0.4 is 5.73 Å². The van der Waals surface area contributed by atoms with Crippen LogP contribution in [0, 0.1) is 6.92 Å². The lowest BCUT2D eigenvalue weighted by molar-refractivity contribution is 0.627. The fourth-order valence-corrected chi connectivity index (χ4v) is 2.21. The molecule has 0 saturated carbocycles. The molecule has 1 aromatic carbocycles. The van der Waals surface area contributed by atoms with Crippen molar-refractivity contribution >= 4 is 27.4 Å². The summed E-state index contributed by atoms with van der Waals surface area (Å²) < 4.78 is 5.75. The van der Waals surface area contributed by atoms with Crippen molar-refractivity contribution in [2.24, 2.45) is 0 Å². The minimum Gasteiger partial charge on any atom is -0.453 e. The van der Waals surface area contributed by atoms with Crippen molar-refractivity contribution in [1.29, 1.82) is 0 Å². The number of nitrogens with zero attached hydrogens (tertiary/aromatic N) is 2. The molecule has 0 amide bonds. The summed E-state index contributed by atoms with van der Waals surface area (Å²) in [5.74, 6) is 0.721. The first-order chi connectivity index (χ1) is 7.74. The minimum atomic E-state index is 0.451. The van der Waals surface area contributed by atoms with E-state index in [0.717, 1.165) is 22.3 Å². The van der Waals surface area contributed by atoms with E-state index < -0.39 is 0 Å². The van der Waals surface area contributed by atoms with Gasteiger partial charge in [0.25, 0.3) is 0 Å². The second kappa shape index (κ2) is 3.31. The molecular formula is C11H9N3OS. The zero-order valence-corrected chi connectivity index (χ0v) is 9.41. The van der Waals surface area contributed by atoms with Gasteiger partial charge in [0.05, 0.1) is 0 Å². The fourth-order valence-electron chi connectivity index (χ4n) is 1.65. The molecule has 0 radical (unpaired) electrons. The summed E-state index contributed by atoms with van der Waals surface area (Å²) in [7, 11) is 0. The highest BCUT2D eigenvalue weighted by Crippen LogP contribution is 2.31. The largest absolute Gasteiger partial charge is 0.453 e. The quantitative estimate of drug-likeness (QED) is 0.699. The monoisotopic (exact) mass is 231 g/mol. The van der Waals surface area contributed by atoms with Gasteiger partial charge in [0.15, 0.2) is 10.8 Å². The molecule has 0 unspecified atom stereocenters. The number of aryl methyl sites for hydroxylation is 1. The molecule has 0 aliphatic heterocycles. The fraction of sp³-hybridized carbons (Fsp3) is 0.0909. The van der Waals surface area contributed by atoms with Crippen molar-refractivity contribution in [2.75, 3.05) is 5.73 Å². The van der Waals surface area contributed by atoms with E-state index in [-0.39, 0.29) is 0 Å². The van der Waals surface area contributed by atoms with E-state index in [0.29, 0.717) is 10.1 Å². The average molecular weight is 231 g/mol. The van der Waals surface area contributed by atoms with E-state index in [9.17, 15) is 0 Å². The molecule has 0 aliphatic rings. The van der Waals surface area contributed by atoms with Crippen LogP contribution in [-0.4, -0.2) is 10.2 Å². The maximum absolute atomic E-state index is 5.75. The van der Waals surface area contributed by atoms with Gasteiger partial charge < -0.3 is 10.2 Å². The van der Waals surface area contributed by atoms with Crippen LogP contribution in [0.4, 0.5) is 5.13 Å². The standard InChI is InChI=1S/C11H9N3OS/c1-6-3-2-4-7-5-8(15-9(6)7)10-13-14-11(12)16-10/h2-5H,1H3,(H2,12,14). The predicted octanol–water partition coefficient (Wildman–Crippen LogP) is 2.84.